The minimum atomic E-state index is -4.52. The molecule has 0 atom stereocenters. The molecule has 0 aromatic heterocycles. The van der Waals surface area contributed by atoms with Crippen molar-refractivity contribution >= 4 is 21.5 Å². The van der Waals surface area contributed by atoms with Gasteiger partial charge in [0.05, 0.1) is 11.1 Å². The van der Waals surface area contributed by atoms with Crippen molar-refractivity contribution in [2.45, 2.75) is 40.0 Å². The third-order valence-corrected chi connectivity index (χ3v) is 7.30. The largest absolute Gasteiger partial charge is 0.416 e. The van der Waals surface area contributed by atoms with Crippen molar-refractivity contribution in [3.63, 3.8) is 0 Å². The lowest BCUT2D eigenvalue weighted by molar-refractivity contribution is -0.138. The van der Waals surface area contributed by atoms with Crippen molar-refractivity contribution in [1.29, 1.82) is 0 Å². The maximum Gasteiger partial charge on any atom is 0.416 e. The number of hydrogen-bond acceptors (Lipinski definition) is 0. The van der Waals surface area contributed by atoms with E-state index < -0.39 is 23.5 Å². The van der Waals surface area contributed by atoms with E-state index in [9.17, 15) is 26.3 Å². The average molecular weight is 523 g/mol. The Labute approximate surface area is 216 Å². The number of aryl methyl sites for hydroxylation is 4. The third kappa shape index (κ3) is 4.32. The van der Waals surface area contributed by atoms with Crippen molar-refractivity contribution in [2.24, 2.45) is 0 Å². The molecule has 0 saturated heterocycles. The summed E-state index contributed by atoms with van der Waals surface area (Å²) in [6.07, 6.45) is -9.04. The van der Waals surface area contributed by atoms with Gasteiger partial charge in [0.25, 0.3) is 0 Å². The summed E-state index contributed by atoms with van der Waals surface area (Å²) in [4.78, 5) is 0. The Morgan fingerprint density at radius 2 is 0.789 bits per heavy atom. The lowest BCUT2D eigenvalue weighted by atomic mass is 9.83. The van der Waals surface area contributed by atoms with Crippen molar-refractivity contribution < 1.29 is 26.3 Å². The molecule has 0 fully saturated rings. The first-order valence-electron chi connectivity index (χ1n) is 12.1. The number of halogens is 6. The van der Waals surface area contributed by atoms with Crippen molar-refractivity contribution in [3.05, 3.63) is 106 Å². The molecule has 0 nitrogen and oxygen atoms in total. The van der Waals surface area contributed by atoms with Gasteiger partial charge in [-0.25, -0.2) is 0 Å². The molecule has 0 aliphatic heterocycles. The molecule has 6 heteroatoms. The van der Waals surface area contributed by atoms with E-state index >= 15 is 0 Å². The van der Waals surface area contributed by atoms with Crippen LogP contribution in [0.1, 0.15) is 33.4 Å². The van der Waals surface area contributed by atoms with Crippen LogP contribution in [0.25, 0.3) is 43.8 Å². The molecule has 194 valence electrons. The number of alkyl halides is 6. The molecular formula is C32H24F6. The van der Waals surface area contributed by atoms with E-state index in [4.69, 9.17) is 0 Å². The monoisotopic (exact) mass is 522 g/mol. The quantitative estimate of drug-likeness (QED) is 0.160. The van der Waals surface area contributed by atoms with Crippen LogP contribution in [0.4, 0.5) is 26.3 Å². The van der Waals surface area contributed by atoms with Gasteiger partial charge < -0.3 is 0 Å². The van der Waals surface area contributed by atoms with Gasteiger partial charge >= 0.3 is 12.4 Å². The van der Waals surface area contributed by atoms with Crippen LogP contribution in [0.5, 0.6) is 0 Å². The van der Waals surface area contributed by atoms with E-state index in [0.29, 0.717) is 43.8 Å². The third-order valence-electron chi connectivity index (χ3n) is 7.30. The molecule has 0 unspecified atom stereocenters. The molecule has 5 aromatic carbocycles. The molecule has 5 rings (SSSR count). The molecule has 0 aliphatic rings. The minimum absolute atomic E-state index is 0.123. The van der Waals surface area contributed by atoms with Crippen LogP contribution in [0.3, 0.4) is 0 Å². The summed E-state index contributed by atoms with van der Waals surface area (Å²) >= 11 is 0. The van der Waals surface area contributed by atoms with E-state index in [0.717, 1.165) is 11.1 Å². The lowest BCUT2D eigenvalue weighted by Gasteiger charge is -2.21. The van der Waals surface area contributed by atoms with E-state index in [1.165, 1.54) is 38.1 Å². The van der Waals surface area contributed by atoms with Crippen molar-refractivity contribution in [2.75, 3.05) is 0 Å². The SMILES string of the molecule is Cc1cc2c(-c3ccc(C)c(C(F)(F)F)c3)c3ccccc3c(-c3ccc(C)c(C(F)(F)F)c3)c2cc1C. The Kier molecular flexibility index (Phi) is 6.05. The van der Waals surface area contributed by atoms with Gasteiger partial charge in [-0.3, -0.25) is 0 Å². The van der Waals surface area contributed by atoms with Gasteiger partial charge in [-0.15, -0.1) is 0 Å². The average Bonchev–Trinajstić information content (AvgIpc) is 2.83. The summed E-state index contributed by atoms with van der Waals surface area (Å²) in [5, 5.41) is 2.72. The Hall–Kier alpha value is -3.80. The summed E-state index contributed by atoms with van der Waals surface area (Å²) in [5.74, 6) is 0. The summed E-state index contributed by atoms with van der Waals surface area (Å²) in [7, 11) is 0. The first-order chi connectivity index (χ1) is 17.8. The van der Waals surface area contributed by atoms with Gasteiger partial charge in [0.1, 0.15) is 0 Å². The van der Waals surface area contributed by atoms with Gasteiger partial charge in [-0.1, -0.05) is 60.7 Å². The standard InChI is InChI=1S/C32H24F6/c1-17-9-11-21(15-27(17)31(33,34)35)29-23-7-5-6-8-24(23)30(26-14-20(4)19(3)13-25(26)29)22-12-10-18(2)28(16-22)32(36,37)38/h5-16H,1-4H3. The normalized spacial score (nSPS) is 12.5. The zero-order chi connectivity index (χ0) is 27.6. The molecule has 0 heterocycles. The van der Waals surface area contributed by atoms with Gasteiger partial charge in [0, 0.05) is 0 Å². The van der Waals surface area contributed by atoms with Crippen LogP contribution in [0.2, 0.25) is 0 Å². The molecule has 0 radical (unpaired) electrons. The second kappa shape index (κ2) is 8.90. The predicted octanol–water partition coefficient (Wildman–Crippen LogP) is 10.6. The zero-order valence-corrected chi connectivity index (χ0v) is 21.2. The van der Waals surface area contributed by atoms with Gasteiger partial charge in [-0.2, -0.15) is 26.3 Å². The first kappa shape index (κ1) is 25.8. The number of fused-ring (bicyclic) bond motifs is 2. The van der Waals surface area contributed by atoms with E-state index in [1.807, 2.05) is 38.1 Å². The second-order valence-electron chi connectivity index (χ2n) is 9.83. The smallest absolute Gasteiger partial charge is 0.166 e. The van der Waals surface area contributed by atoms with Crippen LogP contribution in [-0.2, 0) is 12.4 Å². The van der Waals surface area contributed by atoms with Crippen molar-refractivity contribution in [1.82, 2.24) is 0 Å². The zero-order valence-electron chi connectivity index (χ0n) is 21.2. The highest BCUT2D eigenvalue weighted by atomic mass is 19.4. The first-order valence-corrected chi connectivity index (χ1v) is 12.1. The number of hydrogen-bond donors (Lipinski definition) is 0. The maximum atomic E-state index is 13.8. The van der Waals surface area contributed by atoms with Crippen LogP contribution in [0.15, 0.2) is 72.8 Å². The van der Waals surface area contributed by atoms with E-state index in [-0.39, 0.29) is 11.1 Å². The highest BCUT2D eigenvalue weighted by Crippen LogP contribution is 2.46. The van der Waals surface area contributed by atoms with Gasteiger partial charge in [-0.05, 0) is 106 Å². The van der Waals surface area contributed by atoms with Gasteiger partial charge in [0.2, 0.25) is 0 Å². The summed E-state index contributed by atoms with van der Waals surface area (Å²) in [5.41, 5.74) is 2.73. The number of rotatable bonds is 2. The predicted molar refractivity (Wildman–Crippen MR) is 141 cm³/mol. The molecule has 0 N–H and O–H groups in total. The van der Waals surface area contributed by atoms with Crippen LogP contribution in [0, 0.1) is 27.7 Å². The molecule has 0 saturated carbocycles. The molecule has 0 aliphatic carbocycles. The maximum absolute atomic E-state index is 13.8. The molecule has 5 aromatic rings. The molecule has 0 bridgehead atoms. The molecule has 38 heavy (non-hydrogen) atoms. The van der Waals surface area contributed by atoms with Gasteiger partial charge in [0.15, 0.2) is 0 Å². The fourth-order valence-corrected chi connectivity index (χ4v) is 5.23. The fraction of sp³-hybridized carbons (Fsp3) is 0.188. The molecule has 0 amide bonds. The highest BCUT2D eigenvalue weighted by Gasteiger charge is 2.34. The van der Waals surface area contributed by atoms with E-state index in [2.05, 4.69) is 0 Å². The minimum Gasteiger partial charge on any atom is -0.166 e. The second-order valence-corrected chi connectivity index (χ2v) is 9.83. The Balaban J connectivity index is 1.96. The highest BCUT2D eigenvalue weighted by molar-refractivity contribution is 6.21. The van der Waals surface area contributed by atoms with Crippen molar-refractivity contribution in [3.8, 4) is 22.3 Å². The molecular weight excluding hydrogens is 498 g/mol. The lowest BCUT2D eigenvalue weighted by Crippen LogP contribution is -2.08. The van der Waals surface area contributed by atoms with Crippen LogP contribution >= 0.6 is 0 Å². The topological polar surface area (TPSA) is 0 Å². The summed E-state index contributed by atoms with van der Waals surface area (Å²) in [6.45, 7) is 6.68. The van der Waals surface area contributed by atoms with Crippen LogP contribution < -0.4 is 0 Å². The fourth-order valence-electron chi connectivity index (χ4n) is 5.23. The van der Waals surface area contributed by atoms with Crippen LogP contribution in [-0.4, -0.2) is 0 Å². The molecule has 0 spiro atoms. The van der Waals surface area contributed by atoms with E-state index in [1.54, 1.807) is 24.3 Å². The number of benzene rings is 5. The summed E-state index contributed by atoms with van der Waals surface area (Å²) in [6, 6.07) is 19.6. The Morgan fingerprint density at radius 1 is 0.421 bits per heavy atom. The Morgan fingerprint density at radius 3 is 1.13 bits per heavy atom. The summed E-state index contributed by atoms with van der Waals surface area (Å²) < 4.78 is 83.1. The Bertz CT molecular complexity index is 1590.